The zero-order chi connectivity index (χ0) is 24.8. The molecule has 1 saturated heterocycles. The Balaban J connectivity index is 1.37. The molecule has 0 aromatic heterocycles. The SMILES string of the molecule is COc1cccc(OCC(=O)c2ccc3c(c2)N(CCCC(=O)N2CCN(C)CC2)C(=O)CO3)c1. The number of rotatable bonds is 9. The predicted octanol–water partition coefficient (Wildman–Crippen LogP) is 2.24. The van der Waals surface area contributed by atoms with Crippen LogP contribution < -0.4 is 19.1 Å². The number of ether oxygens (including phenoxy) is 3. The largest absolute Gasteiger partial charge is 0.497 e. The van der Waals surface area contributed by atoms with Gasteiger partial charge in [-0.15, -0.1) is 0 Å². The smallest absolute Gasteiger partial charge is 0.265 e. The molecular formula is C26H31N3O6. The van der Waals surface area contributed by atoms with E-state index in [4.69, 9.17) is 14.2 Å². The molecule has 2 heterocycles. The summed E-state index contributed by atoms with van der Waals surface area (Å²) in [5, 5.41) is 0. The van der Waals surface area contributed by atoms with Crippen LogP contribution in [0.1, 0.15) is 23.2 Å². The molecular weight excluding hydrogens is 450 g/mol. The minimum Gasteiger partial charge on any atom is -0.497 e. The molecule has 0 radical (unpaired) electrons. The van der Waals surface area contributed by atoms with Crippen molar-refractivity contribution in [3.05, 3.63) is 48.0 Å². The lowest BCUT2D eigenvalue weighted by atomic mass is 10.1. The number of likely N-dealkylation sites (N-methyl/N-ethyl adjacent to an activating group) is 1. The number of amides is 2. The van der Waals surface area contributed by atoms with E-state index in [2.05, 4.69) is 4.90 Å². The number of anilines is 1. The zero-order valence-corrected chi connectivity index (χ0v) is 20.2. The number of hydrogen-bond donors (Lipinski definition) is 0. The fourth-order valence-corrected chi connectivity index (χ4v) is 4.15. The van der Waals surface area contributed by atoms with Crippen LogP contribution in [0.4, 0.5) is 5.69 Å². The van der Waals surface area contributed by atoms with Gasteiger partial charge in [0.1, 0.15) is 17.2 Å². The maximum absolute atomic E-state index is 12.8. The van der Waals surface area contributed by atoms with E-state index in [9.17, 15) is 14.4 Å². The van der Waals surface area contributed by atoms with Crippen molar-refractivity contribution in [3.8, 4) is 17.2 Å². The van der Waals surface area contributed by atoms with E-state index in [0.717, 1.165) is 26.2 Å². The molecule has 0 atom stereocenters. The summed E-state index contributed by atoms with van der Waals surface area (Å²) in [4.78, 5) is 43.6. The van der Waals surface area contributed by atoms with E-state index in [1.54, 1.807) is 54.5 Å². The highest BCUT2D eigenvalue weighted by Gasteiger charge is 2.27. The van der Waals surface area contributed by atoms with Crippen LogP contribution in [0, 0.1) is 0 Å². The number of methoxy groups -OCH3 is 1. The fraction of sp³-hybridized carbons (Fsp3) is 0.423. The Hall–Kier alpha value is -3.59. The minimum atomic E-state index is -0.223. The number of carbonyl (C=O) groups excluding carboxylic acids is 3. The number of Topliss-reactive ketones (excluding diaryl/α,β-unsaturated/α-hetero) is 1. The Morgan fingerprint density at radius 1 is 1.03 bits per heavy atom. The van der Waals surface area contributed by atoms with Gasteiger partial charge in [-0.05, 0) is 43.8 Å². The molecule has 0 aliphatic carbocycles. The van der Waals surface area contributed by atoms with E-state index >= 15 is 0 Å². The third-order valence-electron chi connectivity index (χ3n) is 6.26. The molecule has 0 spiro atoms. The standard InChI is InChI=1S/C26H31N3O6/c1-27-11-13-28(14-12-27)25(31)7-4-10-29-22-15-19(8-9-24(22)35-18-26(29)32)23(30)17-34-21-6-3-5-20(16-21)33-2/h3,5-6,8-9,15-16H,4,7,10-14,17-18H2,1-2H3. The second-order valence-electron chi connectivity index (χ2n) is 8.70. The first-order chi connectivity index (χ1) is 16.9. The minimum absolute atomic E-state index is 0.0638. The normalized spacial score (nSPS) is 15.9. The van der Waals surface area contributed by atoms with Gasteiger partial charge in [0.05, 0.1) is 12.8 Å². The average Bonchev–Trinajstić information content (AvgIpc) is 2.88. The van der Waals surface area contributed by atoms with Crippen LogP contribution in [0.3, 0.4) is 0 Å². The van der Waals surface area contributed by atoms with Crippen LogP contribution in [0.5, 0.6) is 17.2 Å². The molecule has 2 aliphatic heterocycles. The number of ketones is 1. The molecule has 186 valence electrons. The van der Waals surface area contributed by atoms with Gasteiger partial charge in [-0.2, -0.15) is 0 Å². The van der Waals surface area contributed by atoms with Gasteiger partial charge in [0.15, 0.2) is 19.0 Å². The first kappa shape index (κ1) is 24.5. The van der Waals surface area contributed by atoms with Crippen LogP contribution in [0.25, 0.3) is 0 Å². The Labute approximate surface area is 205 Å². The molecule has 2 aromatic carbocycles. The third kappa shape index (κ3) is 6.10. The lowest BCUT2D eigenvalue weighted by molar-refractivity contribution is -0.133. The molecule has 1 fully saturated rings. The quantitative estimate of drug-likeness (QED) is 0.508. The summed E-state index contributed by atoms with van der Waals surface area (Å²) in [7, 11) is 3.61. The van der Waals surface area contributed by atoms with Crippen molar-refractivity contribution in [1.29, 1.82) is 0 Å². The van der Waals surface area contributed by atoms with E-state index in [1.807, 2.05) is 11.9 Å². The number of hydrogen-bond acceptors (Lipinski definition) is 7. The Bertz CT molecular complexity index is 1080. The van der Waals surface area contributed by atoms with Gasteiger partial charge in [-0.1, -0.05) is 6.07 Å². The van der Waals surface area contributed by atoms with Crippen molar-refractivity contribution < 1.29 is 28.6 Å². The monoisotopic (exact) mass is 481 g/mol. The Kier molecular flexibility index (Phi) is 7.87. The first-order valence-electron chi connectivity index (χ1n) is 11.8. The van der Waals surface area contributed by atoms with E-state index in [1.165, 1.54) is 0 Å². The lowest BCUT2D eigenvalue weighted by Gasteiger charge is -2.33. The van der Waals surface area contributed by atoms with E-state index in [-0.39, 0.29) is 30.8 Å². The highest BCUT2D eigenvalue weighted by Crippen LogP contribution is 2.33. The maximum atomic E-state index is 12.8. The molecule has 9 heteroatoms. The van der Waals surface area contributed by atoms with Crippen molar-refractivity contribution in [2.45, 2.75) is 12.8 Å². The molecule has 0 saturated carbocycles. The summed E-state index contributed by atoms with van der Waals surface area (Å²) in [6, 6.07) is 12.1. The highest BCUT2D eigenvalue weighted by atomic mass is 16.5. The number of fused-ring (bicyclic) bond motifs is 1. The van der Waals surface area contributed by atoms with Gasteiger partial charge < -0.3 is 28.9 Å². The summed E-state index contributed by atoms with van der Waals surface area (Å²) in [6.45, 7) is 3.38. The molecule has 0 unspecified atom stereocenters. The molecule has 0 N–H and O–H groups in total. The van der Waals surface area contributed by atoms with Gasteiger partial charge >= 0.3 is 0 Å². The van der Waals surface area contributed by atoms with Gasteiger partial charge in [0, 0.05) is 50.8 Å². The van der Waals surface area contributed by atoms with Crippen molar-refractivity contribution in [2.24, 2.45) is 0 Å². The summed E-state index contributed by atoms with van der Waals surface area (Å²) in [5.74, 6) is 1.40. The second-order valence-corrected chi connectivity index (χ2v) is 8.70. The average molecular weight is 482 g/mol. The third-order valence-corrected chi connectivity index (χ3v) is 6.26. The summed E-state index contributed by atoms with van der Waals surface area (Å²) in [6.07, 6.45) is 0.907. The summed E-state index contributed by atoms with van der Waals surface area (Å²) < 4.78 is 16.4. The van der Waals surface area contributed by atoms with Crippen molar-refractivity contribution in [1.82, 2.24) is 9.80 Å². The topological polar surface area (TPSA) is 88.6 Å². The van der Waals surface area contributed by atoms with E-state index in [0.29, 0.717) is 47.9 Å². The maximum Gasteiger partial charge on any atom is 0.265 e. The molecule has 35 heavy (non-hydrogen) atoms. The first-order valence-corrected chi connectivity index (χ1v) is 11.8. The Morgan fingerprint density at radius 3 is 2.57 bits per heavy atom. The van der Waals surface area contributed by atoms with Gasteiger partial charge in [0.25, 0.3) is 5.91 Å². The molecule has 2 aliphatic rings. The van der Waals surface area contributed by atoms with Crippen molar-refractivity contribution >= 4 is 23.3 Å². The van der Waals surface area contributed by atoms with Gasteiger partial charge in [-0.3, -0.25) is 14.4 Å². The van der Waals surface area contributed by atoms with Crippen LogP contribution in [0.15, 0.2) is 42.5 Å². The van der Waals surface area contributed by atoms with Crippen LogP contribution in [-0.2, 0) is 9.59 Å². The highest BCUT2D eigenvalue weighted by molar-refractivity contribution is 6.02. The van der Waals surface area contributed by atoms with E-state index < -0.39 is 0 Å². The number of carbonyl (C=O) groups is 3. The van der Waals surface area contributed by atoms with Crippen molar-refractivity contribution in [3.63, 3.8) is 0 Å². The van der Waals surface area contributed by atoms with Crippen LogP contribution in [-0.4, -0.2) is 87.5 Å². The van der Waals surface area contributed by atoms with Crippen LogP contribution >= 0.6 is 0 Å². The molecule has 0 bridgehead atoms. The molecule has 2 aromatic rings. The fourth-order valence-electron chi connectivity index (χ4n) is 4.15. The zero-order valence-electron chi connectivity index (χ0n) is 20.2. The number of benzene rings is 2. The summed E-state index contributed by atoms with van der Waals surface area (Å²) in [5.41, 5.74) is 0.962. The van der Waals surface area contributed by atoms with Crippen LogP contribution in [0.2, 0.25) is 0 Å². The lowest BCUT2D eigenvalue weighted by Crippen LogP contribution is -2.47. The molecule has 4 rings (SSSR count). The molecule has 2 amide bonds. The van der Waals surface area contributed by atoms with Gasteiger partial charge in [0.2, 0.25) is 5.91 Å². The second kappa shape index (κ2) is 11.2. The van der Waals surface area contributed by atoms with Gasteiger partial charge in [-0.25, -0.2) is 0 Å². The number of nitrogens with zero attached hydrogens (tertiary/aromatic N) is 3. The molecule has 9 nitrogen and oxygen atoms in total. The summed E-state index contributed by atoms with van der Waals surface area (Å²) >= 11 is 0. The number of piperazine rings is 1. The predicted molar refractivity (Wildman–Crippen MR) is 130 cm³/mol. The Morgan fingerprint density at radius 2 is 1.80 bits per heavy atom. The van der Waals surface area contributed by atoms with Crippen molar-refractivity contribution in [2.75, 3.05) is 65.0 Å².